The van der Waals surface area contributed by atoms with E-state index in [0.29, 0.717) is 5.56 Å². The average Bonchev–Trinajstić information content (AvgIpc) is 2.70. The molecule has 1 heterocycles. The highest BCUT2D eigenvalue weighted by Crippen LogP contribution is 2.16. The van der Waals surface area contributed by atoms with Crippen LogP contribution in [0.4, 0.5) is 0 Å². The highest BCUT2D eigenvalue weighted by molar-refractivity contribution is 7.89. The monoisotopic (exact) mass is 412 g/mol. The summed E-state index contributed by atoms with van der Waals surface area (Å²) in [6.45, 7) is 2.01. The number of nitrogens with two attached hydrogens (primary N) is 1. The van der Waals surface area contributed by atoms with Crippen LogP contribution in [-0.2, 0) is 16.6 Å². The zero-order valence-corrected chi connectivity index (χ0v) is 16.5. The Balaban J connectivity index is 1.75. The van der Waals surface area contributed by atoms with Crippen LogP contribution in [0.2, 0.25) is 0 Å². The van der Waals surface area contributed by atoms with Crippen LogP contribution in [0.1, 0.15) is 34.6 Å². The van der Waals surface area contributed by atoms with E-state index in [1.54, 1.807) is 19.1 Å². The van der Waals surface area contributed by atoms with Crippen LogP contribution in [0.3, 0.4) is 0 Å². The van der Waals surface area contributed by atoms with E-state index in [4.69, 9.17) is 5.14 Å². The summed E-state index contributed by atoms with van der Waals surface area (Å²) < 4.78 is 23.9. The van der Waals surface area contributed by atoms with Gasteiger partial charge in [-0.3, -0.25) is 9.59 Å². The Hall–Kier alpha value is -3.30. The molecule has 3 rings (SSSR count). The number of hydrogen-bond donors (Lipinski definition) is 2. The predicted octanol–water partition coefficient (Wildman–Crippen LogP) is 1.43. The minimum atomic E-state index is -3.78. The van der Waals surface area contributed by atoms with Gasteiger partial charge in [0, 0.05) is 6.07 Å². The van der Waals surface area contributed by atoms with Crippen LogP contribution in [0.15, 0.2) is 76.4 Å². The van der Waals surface area contributed by atoms with Crippen molar-refractivity contribution in [1.29, 1.82) is 0 Å². The van der Waals surface area contributed by atoms with Crippen molar-refractivity contribution in [3.8, 4) is 0 Å². The normalized spacial score (nSPS) is 12.3. The van der Waals surface area contributed by atoms with Gasteiger partial charge < -0.3 is 5.32 Å². The minimum absolute atomic E-state index is 0.00516. The minimum Gasteiger partial charge on any atom is -0.344 e. The van der Waals surface area contributed by atoms with Crippen molar-refractivity contribution < 1.29 is 13.2 Å². The lowest BCUT2D eigenvalue weighted by Gasteiger charge is -2.15. The topological polar surface area (TPSA) is 124 Å². The molecule has 0 bridgehead atoms. The fourth-order valence-corrected chi connectivity index (χ4v) is 3.26. The average molecular weight is 412 g/mol. The molecule has 0 spiro atoms. The van der Waals surface area contributed by atoms with Gasteiger partial charge in [0.2, 0.25) is 10.0 Å². The Bertz CT molecular complexity index is 1170. The first-order chi connectivity index (χ1) is 13.7. The molecule has 150 valence electrons. The van der Waals surface area contributed by atoms with Gasteiger partial charge in [-0.05, 0) is 36.2 Å². The Morgan fingerprint density at radius 2 is 1.72 bits per heavy atom. The third-order valence-electron chi connectivity index (χ3n) is 4.33. The Morgan fingerprint density at radius 1 is 1.07 bits per heavy atom. The zero-order valence-electron chi connectivity index (χ0n) is 15.6. The van der Waals surface area contributed by atoms with Gasteiger partial charge in [-0.2, -0.15) is 5.10 Å². The van der Waals surface area contributed by atoms with Crippen molar-refractivity contribution in [1.82, 2.24) is 15.1 Å². The van der Waals surface area contributed by atoms with E-state index in [9.17, 15) is 18.0 Å². The van der Waals surface area contributed by atoms with Crippen molar-refractivity contribution in [2.75, 3.05) is 0 Å². The number of benzene rings is 2. The summed E-state index contributed by atoms with van der Waals surface area (Å²) >= 11 is 0. The number of nitrogens with one attached hydrogen (secondary N) is 1. The van der Waals surface area contributed by atoms with Gasteiger partial charge in [0.05, 0.1) is 17.5 Å². The number of hydrogen-bond acceptors (Lipinski definition) is 5. The molecule has 0 aliphatic rings. The summed E-state index contributed by atoms with van der Waals surface area (Å²) in [6.07, 6.45) is 0. The molecule has 3 aromatic rings. The molecule has 29 heavy (non-hydrogen) atoms. The molecule has 9 heteroatoms. The van der Waals surface area contributed by atoms with Crippen molar-refractivity contribution in [2.24, 2.45) is 5.14 Å². The van der Waals surface area contributed by atoms with Crippen LogP contribution >= 0.6 is 0 Å². The Morgan fingerprint density at radius 3 is 2.34 bits per heavy atom. The van der Waals surface area contributed by atoms with Crippen molar-refractivity contribution >= 4 is 15.9 Å². The first kappa shape index (κ1) is 20.4. The molecular weight excluding hydrogens is 392 g/mol. The number of rotatable bonds is 6. The van der Waals surface area contributed by atoms with Gasteiger partial charge in [-0.15, -0.1) is 0 Å². The second-order valence-electron chi connectivity index (χ2n) is 6.51. The molecule has 0 saturated carbocycles. The predicted molar refractivity (Wildman–Crippen MR) is 108 cm³/mol. The van der Waals surface area contributed by atoms with Gasteiger partial charge >= 0.3 is 0 Å². The Kier molecular flexibility index (Phi) is 5.90. The molecule has 0 aliphatic heterocycles. The molecule has 0 radical (unpaired) electrons. The standard InChI is InChI=1S/C20H20N4O4S/c1-14(16-7-9-17(10-8-16)29(21,27)28)22-20(26)18-11-12-19(25)24(23-18)13-15-5-3-2-4-6-15/h2-12,14H,13H2,1H3,(H,22,26)(H2,21,27,28)/t14-/m0/s1. The molecule has 3 N–H and O–H groups in total. The zero-order chi connectivity index (χ0) is 21.0. The first-order valence-electron chi connectivity index (χ1n) is 8.80. The van der Waals surface area contributed by atoms with Gasteiger partial charge in [-0.25, -0.2) is 18.2 Å². The fraction of sp³-hybridized carbons (Fsp3) is 0.150. The van der Waals surface area contributed by atoms with Crippen molar-refractivity contribution in [2.45, 2.75) is 24.4 Å². The number of nitrogens with zero attached hydrogens (tertiary/aromatic N) is 2. The molecule has 0 fully saturated rings. The highest BCUT2D eigenvalue weighted by Gasteiger charge is 2.15. The fourth-order valence-electron chi connectivity index (χ4n) is 2.74. The lowest BCUT2D eigenvalue weighted by Crippen LogP contribution is -2.31. The van der Waals surface area contributed by atoms with Gasteiger partial charge in [0.25, 0.3) is 11.5 Å². The maximum atomic E-state index is 12.6. The summed E-state index contributed by atoms with van der Waals surface area (Å²) in [4.78, 5) is 24.6. The van der Waals surface area contributed by atoms with Crippen LogP contribution in [0.5, 0.6) is 0 Å². The van der Waals surface area contributed by atoms with Crippen LogP contribution in [0, 0.1) is 0 Å². The molecule has 1 atom stereocenters. The van der Waals surface area contributed by atoms with Crippen LogP contribution < -0.4 is 16.0 Å². The van der Waals surface area contributed by atoms with E-state index < -0.39 is 22.0 Å². The van der Waals surface area contributed by atoms with Crippen molar-refractivity contribution in [3.05, 3.63) is 93.9 Å². The SMILES string of the molecule is C[C@H](NC(=O)c1ccc(=O)n(Cc2ccccc2)n1)c1ccc(S(N)(=O)=O)cc1. The number of carbonyl (C=O) groups excluding carboxylic acids is 1. The Labute approximate surface area is 168 Å². The molecule has 1 amide bonds. The number of carbonyl (C=O) groups is 1. The maximum absolute atomic E-state index is 12.6. The molecule has 0 saturated heterocycles. The van der Waals surface area contributed by atoms with Crippen LogP contribution in [-0.4, -0.2) is 24.1 Å². The lowest BCUT2D eigenvalue weighted by molar-refractivity contribution is 0.0932. The van der Waals surface area contributed by atoms with Crippen LogP contribution in [0.25, 0.3) is 0 Å². The van der Waals surface area contributed by atoms with Gasteiger partial charge in [0.15, 0.2) is 0 Å². The summed E-state index contributed by atoms with van der Waals surface area (Å²) in [6, 6.07) is 17.5. The second kappa shape index (κ2) is 8.38. The quantitative estimate of drug-likeness (QED) is 0.634. The third-order valence-corrected chi connectivity index (χ3v) is 5.26. The highest BCUT2D eigenvalue weighted by atomic mass is 32.2. The molecule has 0 aliphatic carbocycles. The van der Waals surface area contributed by atoms with E-state index in [1.165, 1.54) is 28.9 Å². The number of aromatic nitrogens is 2. The smallest absolute Gasteiger partial charge is 0.272 e. The van der Waals surface area contributed by atoms with E-state index in [2.05, 4.69) is 10.4 Å². The maximum Gasteiger partial charge on any atom is 0.272 e. The molecular formula is C20H20N4O4S. The van der Waals surface area contributed by atoms with E-state index in [0.717, 1.165) is 5.56 Å². The summed E-state index contributed by atoms with van der Waals surface area (Å²) in [5, 5.41) is 12.0. The van der Waals surface area contributed by atoms with E-state index in [1.807, 2.05) is 30.3 Å². The summed E-state index contributed by atoms with van der Waals surface area (Å²) in [5.74, 6) is -0.449. The molecule has 0 unspecified atom stereocenters. The summed E-state index contributed by atoms with van der Waals surface area (Å²) in [5.41, 5.74) is 1.39. The van der Waals surface area contributed by atoms with Crippen molar-refractivity contribution in [3.63, 3.8) is 0 Å². The second-order valence-corrected chi connectivity index (χ2v) is 8.07. The molecule has 8 nitrogen and oxygen atoms in total. The van der Waals surface area contributed by atoms with Gasteiger partial charge in [0.1, 0.15) is 5.69 Å². The molecule has 2 aromatic carbocycles. The number of sulfonamides is 1. The molecule has 1 aromatic heterocycles. The number of amides is 1. The summed E-state index contributed by atoms with van der Waals surface area (Å²) in [7, 11) is -3.78. The first-order valence-corrected chi connectivity index (χ1v) is 10.3. The largest absolute Gasteiger partial charge is 0.344 e. The third kappa shape index (κ3) is 5.15. The number of primary sulfonamides is 1. The van der Waals surface area contributed by atoms with Gasteiger partial charge in [-0.1, -0.05) is 42.5 Å². The lowest BCUT2D eigenvalue weighted by atomic mass is 10.1. The van der Waals surface area contributed by atoms with E-state index in [-0.39, 0.29) is 22.7 Å². The van der Waals surface area contributed by atoms with E-state index >= 15 is 0 Å².